The molecule has 1 N–H and O–H groups in total. The number of nitrogens with one attached hydrogen (secondary N) is 1. The molecule has 4 nitrogen and oxygen atoms in total. The van der Waals surface area contributed by atoms with Crippen molar-refractivity contribution in [3.63, 3.8) is 0 Å². The molecular formula is C10H23NO3. The molecule has 86 valence electrons. The third-order valence-corrected chi connectivity index (χ3v) is 1.74. The third-order valence-electron chi connectivity index (χ3n) is 1.74. The number of rotatable bonds is 10. The Kier molecular flexibility index (Phi) is 10.8. The molecule has 0 aliphatic heterocycles. The summed E-state index contributed by atoms with van der Waals surface area (Å²) in [5, 5.41) is 3.22. The summed E-state index contributed by atoms with van der Waals surface area (Å²) in [4.78, 5) is 0. The van der Waals surface area contributed by atoms with E-state index >= 15 is 0 Å². The summed E-state index contributed by atoms with van der Waals surface area (Å²) in [5.74, 6) is 0. The third kappa shape index (κ3) is 9.92. The average Bonchev–Trinajstić information content (AvgIpc) is 2.20. The second-order valence-corrected chi connectivity index (χ2v) is 3.09. The van der Waals surface area contributed by atoms with E-state index in [0.29, 0.717) is 26.4 Å². The van der Waals surface area contributed by atoms with Crippen LogP contribution >= 0.6 is 0 Å². The van der Waals surface area contributed by atoms with E-state index in [1.54, 1.807) is 7.11 Å². The van der Waals surface area contributed by atoms with Crippen LogP contribution < -0.4 is 5.32 Å². The normalized spacial score (nSPS) is 13.1. The van der Waals surface area contributed by atoms with E-state index in [1.807, 2.05) is 0 Å². The highest BCUT2D eigenvalue weighted by Crippen LogP contribution is 1.88. The first-order valence-corrected chi connectivity index (χ1v) is 5.20. The molecule has 0 aliphatic rings. The van der Waals surface area contributed by atoms with Gasteiger partial charge in [0.25, 0.3) is 0 Å². The van der Waals surface area contributed by atoms with Gasteiger partial charge in [0.15, 0.2) is 0 Å². The van der Waals surface area contributed by atoms with Gasteiger partial charge in [-0.3, -0.25) is 0 Å². The molecule has 0 rings (SSSR count). The number of hydrogen-bond acceptors (Lipinski definition) is 4. The Labute approximate surface area is 86.9 Å². The molecule has 1 unspecified atom stereocenters. The minimum absolute atomic E-state index is 0.251. The van der Waals surface area contributed by atoms with Crippen molar-refractivity contribution in [3.05, 3.63) is 0 Å². The second-order valence-electron chi connectivity index (χ2n) is 3.09. The number of likely N-dealkylation sites (N-methyl/N-ethyl adjacent to an activating group) is 1. The Morgan fingerprint density at radius 3 is 2.50 bits per heavy atom. The van der Waals surface area contributed by atoms with Crippen molar-refractivity contribution in [1.29, 1.82) is 0 Å². The van der Waals surface area contributed by atoms with Gasteiger partial charge in [-0.1, -0.05) is 6.92 Å². The van der Waals surface area contributed by atoms with Crippen molar-refractivity contribution in [3.8, 4) is 0 Å². The SMILES string of the molecule is CCNCC(C)OCCOCCOC. The van der Waals surface area contributed by atoms with Gasteiger partial charge in [-0.2, -0.15) is 0 Å². The van der Waals surface area contributed by atoms with Crippen LogP contribution in [0.15, 0.2) is 0 Å². The Hall–Kier alpha value is -0.160. The first-order chi connectivity index (χ1) is 6.81. The van der Waals surface area contributed by atoms with Crippen molar-refractivity contribution in [2.75, 3.05) is 46.6 Å². The van der Waals surface area contributed by atoms with Crippen molar-refractivity contribution in [2.24, 2.45) is 0 Å². The Morgan fingerprint density at radius 2 is 1.86 bits per heavy atom. The highest BCUT2D eigenvalue weighted by atomic mass is 16.5. The molecule has 0 aliphatic carbocycles. The van der Waals surface area contributed by atoms with E-state index in [1.165, 1.54) is 0 Å². The number of ether oxygens (including phenoxy) is 3. The summed E-state index contributed by atoms with van der Waals surface area (Å²) in [6.45, 7) is 8.59. The van der Waals surface area contributed by atoms with Gasteiger partial charge in [-0.05, 0) is 13.5 Å². The van der Waals surface area contributed by atoms with Gasteiger partial charge in [-0.15, -0.1) is 0 Å². The number of methoxy groups -OCH3 is 1. The molecule has 4 heteroatoms. The molecule has 0 bridgehead atoms. The molecular weight excluding hydrogens is 182 g/mol. The van der Waals surface area contributed by atoms with E-state index in [4.69, 9.17) is 14.2 Å². The molecule has 0 aromatic heterocycles. The first kappa shape index (κ1) is 13.8. The summed E-state index contributed by atoms with van der Waals surface area (Å²) >= 11 is 0. The Morgan fingerprint density at radius 1 is 1.14 bits per heavy atom. The maximum Gasteiger partial charge on any atom is 0.0704 e. The number of hydrogen-bond donors (Lipinski definition) is 1. The molecule has 0 radical (unpaired) electrons. The largest absolute Gasteiger partial charge is 0.382 e. The minimum Gasteiger partial charge on any atom is -0.382 e. The van der Waals surface area contributed by atoms with Crippen LogP contribution in [0.1, 0.15) is 13.8 Å². The molecule has 0 fully saturated rings. The molecule has 0 heterocycles. The maximum absolute atomic E-state index is 5.50. The quantitative estimate of drug-likeness (QED) is 0.532. The summed E-state index contributed by atoms with van der Waals surface area (Å²) in [6.07, 6.45) is 0.251. The fraction of sp³-hybridized carbons (Fsp3) is 1.00. The summed E-state index contributed by atoms with van der Waals surface area (Å²) in [6, 6.07) is 0. The van der Waals surface area contributed by atoms with Crippen LogP contribution in [0.4, 0.5) is 0 Å². The maximum atomic E-state index is 5.50. The lowest BCUT2D eigenvalue weighted by Gasteiger charge is -2.13. The lowest BCUT2D eigenvalue weighted by atomic mass is 10.4. The second kappa shape index (κ2) is 10.9. The van der Waals surface area contributed by atoms with Crippen LogP contribution in [0, 0.1) is 0 Å². The van der Waals surface area contributed by atoms with Crippen LogP contribution in [0.2, 0.25) is 0 Å². The highest BCUT2D eigenvalue weighted by Gasteiger charge is 1.99. The van der Waals surface area contributed by atoms with Crippen LogP contribution in [0.25, 0.3) is 0 Å². The summed E-state index contributed by atoms with van der Waals surface area (Å²) < 4.78 is 15.6. The van der Waals surface area contributed by atoms with Gasteiger partial charge >= 0.3 is 0 Å². The van der Waals surface area contributed by atoms with E-state index in [-0.39, 0.29) is 6.10 Å². The van der Waals surface area contributed by atoms with Crippen LogP contribution in [0.5, 0.6) is 0 Å². The van der Waals surface area contributed by atoms with Gasteiger partial charge < -0.3 is 19.5 Å². The molecule has 1 atom stereocenters. The standard InChI is InChI=1S/C10H23NO3/c1-4-11-9-10(2)14-8-7-13-6-5-12-3/h10-11H,4-9H2,1-3H3. The Bertz CT molecular complexity index is 112. The summed E-state index contributed by atoms with van der Waals surface area (Å²) in [5.41, 5.74) is 0. The van der Waals surface area contributed by atoms with E-state index in [2.05, 4.69) is 19.2 Å². The summed E-state index contributed by atoms with van der Waals surface area (Å²) in [7, 11) is 1.67. The molecule has 0 saturated carbocycles. The first-order valence-electron chi connectivity index (χ1n) is 5.20. The smallest absolute Gasteiger partial charge is 0.0704 e. The molecule has 0 saturated heterocycles. The monoisotopic (exact) mass is 205 g/mol. The van der Waals surface area contributed by atoms with E-state index in [0.717, 1.165) is 13.1 Å². The van der Waals surface area contributed by atoms with Crippen molar-refractivity contribution >= 4 is 0 Å². The van der Waals surface area contributed by atoms with Crippen LogP contribution in [0.3, 0.4) is 0 Å². The van der Waals surface area contributed by atoms with Gasteiger partial charge in [0.2, 0.25) is 0 Å². The van der Waals surface area contributed by atoms with E-state index < -0.39 is 0 Å². The van der Waals surface area contributed by atoms with Crippen molar-refractivity contribution in [2.45, 2.75) is 20.0 Å². The minimum atomic E-state index is 0.251. The fourth-order valence-electron chi connectivity index (χ4n) is 0.959. The van der Waals surface area contributed by atoms with Crippen LogP contribution in [-0.4, -0.2) is 52.7 Å². The van der Waals surface area contributed by atoms with Gasteiger partial charge in [0.05, 0.1) is 32.5 Å². The van der Waals surface area contributed by atoms with Crippen molar-refractivity contribution in [1.82, 2.24) is 5.32 Å². The predicted molar refractivity (Wildman–Crippen MR) is 56.7 cm³/mol. The molecule has 0 amide bonds. The lowest BCUT2D eigenvalue weighted by Crippen LogP contribution is -2.27. The van der Waals surface area contributed by atoms with Gasteiger partial charge in [0, 0.05) is 13.7 Å². The predicted octanol–water partition coefficient (Wildman–Crippen LogP) is 0.664. The molecule has 14 heavy (non-hydrogen) atoms. The van der Waals surface area contributed by atoms with Gasteiger partial charge in [0.1, 0.15) is 0 Å². The zero-order valence-electron chi connectivity index (χ0n) is 9.54. The highest BCUT2D eigenvalue weighted by molar-refractivity contribution is 4.53. The average molecular weight is 205 g/mol. The molecule has 0 spiro atoms. The fourth-order valence-corrected chi connectivity index (χ4v) is 0.959. The zero-order valence-corrected chi connectivity index (χ0v) is 9.54. The van der Waals surface area contributed by atoms with Crippen LogP contribution in [-0.2, 0) is 14.2 Å². The van der Waals surface area contributed by atoms with Crippen molar-refractivity contribution < 1.29 is 14.2 Å². The lowest BCUT2D eigenvalue weighted by molar-refractivity contribution is 0.000237. The zero-order chi connectivity index (χ0) is 10.6. The molecule has 0 aromatic rings. The Balaban J connectivity index is 3.02. The topological polar surface area (TPSA) is 39.7 Å². The van der Waals surface area contributed by atoms with Gasteiger partial charge in [-0.25, -0.2) is 0 Å². The van der Waals surface area contributed by atoms with E-state index in [9.17, 15) is 0 Å². The molecule has 0 aromatic carbocycles.